The van der Waals surface area contributed by atoms with Crippen LogP contribution in [0.1, 0.15) is 18.5 Å². The van der Waals surface area contributed by atoms with Crippen molar-refractivity contribution in [3.8, 4) is 5.75 Å². The number of rotatable bonds is 1. The molecule has 1 atom stereocenters. The van der Waals surface area contributed by atoms with Gasteiger partial charge in [0.2, 0.25) is 0 Å². The van der Waals surface area contributed by atoms with Crippen LogP contribution in [-0.4, -0.2) is 5.11 Å². The Morgan fingerprint density at radius 2 is 2.00 bits per heavy atom. The number of hydrogen-bond donors (Lipinski definition) is 2. The molecule has 0 radical (unpaired) electrons. The summed E-state index contributed by atoms with van der Waals surface area (Å²) in [5, 5.41) is 9.60. The fraction of sp³-hybridized carbons (Fsp3) is 0.250. The monoisotopic (exact) mass is 389 g/mol. The topological polar surface area (TPSA) is 46.2 Å². The van der Waals surface area contributed by atoms with Crippen LogP contribution in [0.2, 0.25) is 0 Å². The minimum atomic E-state index is -0.117. The summed E-state index contributed by atoms with van der Waals surface area (Å²) in [5.41, 5.74) is 6.50. The molecule has 3 N–H and O–H groups in total. The van der Waals surface area contributed by atoms with Gasteiger partial charge in [0, 0.05) is 15.2 Å². The minimum Gasteiger partial charge on any atom is -0.506 e. The van der Waals surface area contributed by atoms with Gasteiger partial charge in [0.25, 0.3) is 0 Å². The van der Waals surface area contributed by atoms with Gasteiger partial charge < -0.3 is 10.8 Å². The lowest BCUT2D eigenvalue weighted by Crippen LogP contribution is -2.06. The van der Waals surface area contributed by atoms with Crippen molar-refractivity contribution in [3.05, 3.63) is 24.8 Å². The first-order chi connectivity index (χ1) is 5.52. The molecule has 0 spiro atoms. The van der Waals surface area contributed by atoms with Gasteiger partial charge in [-0.15, -0.1) is 0 Å². The van der Waals surface area contributed by atoms with E-state index in [2.05, 4.69) is 45.2 Å². The van der Waals surface area contributed by atoms with Crippen molar-refractivity contribution < 1.29 is 5.11 Å². The van der Waals surface area contributed by atoms with Crippen molar-refractivity contribution in [1.82, 2.24) is 0 Å². The first-order valence-electron chi connectivity index (χ1n) is 3.46. The summed E-state index contributed by atoms with van der Waals surface area (Å²) in [6, 6.07) is 3.71. The molecule has 0 saturated carbocycles. The predicted octanol–water partition coefficient (Wildman–Crippen LogP) is 2.62. The zero-order valence-electron chi connectivity index (χ0n) is 6.51. The van der Waals surface area contributed by atoms with Crippen LogP contribution >= 0.6 is 45.2 Å². The predicted molar refractivity (Wildman–Crippen MR) is 66.1 cm³/mol. The van der Waals surface area contributed by atoms with Gasteiger partial charge in [-0.3, -0.25) is 0 Å². The van der Waals surface area contributed by atoms with Crippen LogP contribution in [0.25, 0.3) is 0 Å². The summed E-state index contributed by atoms with van der Waals surface area (Å²) in [5.74, 6) is 0.311. The van der Waals surface area contributed by atoms with Gasteiger partial charge in [0.1, 0.15) is 5.75 Å². The molecule has 0 aliphatic carbocycles. The normalized spacial score (nSPS) is 13.0. The number of hydrogen-bond acceptors (Lipinski definition) is 2. The second-order valence-corrected chi connectivity index (χ2v) is 5.02. The quantitative estimate of drug-likeness (QED) is 0.726. The highest BCUT2D eigenvalue weighted by Gasteiger charge is 2.09. The molecule has 4 heteroatoms. The van der Waals surface area contributed by atoms with E-state index in [0.717, 1.165) is 12.7 Å². The van der Waals surface area contributed by atoms with E-state index in [1.54, 1.807) is 0 Å². The number of phenolic OH excluding ortho intramolecular Hbond substituents is 1. The van der Waals surface area contributed by atoms with E-state index < -0.39 is 0 Å². The van der Waals surface area contributed by atoms with Gasteiger partial charge >= 0.3 is 0 Å². The smallest absolute Gasteiger partial charge is 0.133 e. The Kier molecular flexibility index (Phi) is 3.59. The van der Waals surface area contributed by atoms with Crippen LogP contribution in [0.4, 0.5) is 0 Å². The fourth-order valence-electron chi connectivity index (χ4n) is 0.933. The van der Waals surface area contributed by atoms with Crippen molar-refractivity contribution in [2.45, 2.75) is 13.0 Å². The number of benzene rings is 1. The zero-order chi connectivity index (χ0) is 9.30. The molecule has 0 unspecified atom stereocenters. The Morgan fingerprint density at radius 3 is 2.50 bits per heavy atom. The third-order valence-electron chi connectivity index (χ3n) is 1.55. The van der Waals surface area contributed by atoms with Gasteiger partial charge in [-0.1, -0.05) is 0 Å². The molecule has 0 aliphatic heterocycles. The van der Waals surface area contributed by atoms with Gasteiger partial charge in [0.05, 0.1) is 3.57 Å². The van der Waals surface area contributed by atoms with Crippen molar-refractivity contribution in [2.24, 2.45) is 5.73 Å². The van der Waals surface area contributed by atoms with Gasteiger partial charge in [-0.2, -0.15) is 0 Å². The summed E-state index contributed by atoms with van der Waals surface area (Å²) >= 11 is 4.31. The molecule has 1 aromatic rings. The van der Waals surface area contributed by atoms with Crippen LogP contribution in [0, 0.1) is 7.14 Å². The van der Waals surface area contributed by atoms with E-state index in [0.29, 0.717) is 5.75 Å². The van der Waals surface area contributed by atoms with Crippen LogP contribution in [-0.2, 0) is 0 Å². The molecule has 12 heavy (non-hydrogen) atoms. The molecule has 0 saturated heterocycles. The van der Waals surface area contributed by atoms with Crippen molar-refractivity contribution in [2.75, 3.05) is 0 Å². The molecular weight excluding hydrogens is 380 g/mol. The van der Waals surface area contributed by atoms with Crippen molar-refractivity contribution in [3.63, 3.8) is 0 Å². The Balaban J connectivity index is 3.28. The van der Waals surface area contributed by atoms with Crippen molar-refractivity contribution >= 4 is 45.2 Å². The van der Waals surface area contributed by atoms with E-state index in [9.17, 15) is 5.11 Å². The Labute approximate surface area is 98.8 Å². The van der Waals surface area contributed by atoms with Crippen LogP contribution in [0.5, 0.6) is 5.75 Å². The molecule has 2 nitrogen and oxygen atoms in total. The van der Waals surface area contributed by atoms with Crippen molar-refractivity contribution in [1.29, 1.82) is 0 Å². The van der Waals surface area contributed by atoms with Crippen LogP contribution < -0.4 is 5.73 Å². The second-order valence-electron chi connectivity index (χ2n) is 2.61. The highest BCUT2D eigenvalue weighted by atomic mass is 127. The van der Waals surface area contributed by atoms with E-state index in [4.69, 9.17) is 5.73 Å². The largest absolute Gasteiger partial charge is 0.506 e. The molecule has 0 bridgehead atoms. The molecule has 0 amide bonds. The number of halogens is 2. The molecule has 1 rings (SSSR count). The zero-order valence-corrected chi connectivity index (χ0v) is 10.8. The van der Waals surface area contributed by atoms with Gasteiger partial charge in [-0.25, -0.2) is 0 Å². The highest BCUT2D eigenvalue weighted by molar-refractivity contribution is 14.1. The molecule has 0 fully saturated rings. The van der Waals surface area contributed by atoms with Crippen LogP contribution in [0.15, 0.2) is 12.1 Å². The van der Waals surface area contributed by atoms with E-state index in [-0.39, 0.29) is 6.04 Å². The molecule has 0 heterocycles. The fourth-order valence-corrected chi connectivity index (χ4v) is 2.82. The van der Waals surface area contributed by atoms with Gasteiger partial charge in [-0.05, 0) is 64.2 Å². The summed E-state index contributed by atoms with van der Waals surface area (Å²) in [6.45, 7) is 1.86. The lowest BCUT2D eigenvalue weighted by Gasteiger charge is -2.10. The van der Waals surface area contributed by atoms with E-state index >= 15 is 0 Å². The third kappa shape index (κ3) is 2.23. The maximum Gasteiger partial charge on any atom is 0.133 e. The summed E-state index contributed by atoms with van der Waals surface area (Å²) in [6.07, 6.45) is 0. The second kappa shape index (κ2) is 4.10. The maximum atomic E-state index is 9.60. The Hall–Kier alpha value is 0.440. The maximum absolute atomic E-state index is 9.60. The summed E-state index contributed by atoms with van der Waals surface area (Å²) < 4.78 is 1.95. The Morgan fingerprint density at radius 1 is 1.42 bits per heavy atom. The van der Waals surface area contributed by atoms with E-state index in [1.807, 2.05) is 19.1 Å². The molecule has 0 aromatic heterocycles. The average Bonchev–Trinajstić information content (AvgIpc) is 1.96. The highest BCUT2D eigenvalue weighted by Crippen LogP contribution is 2.30. The molecule has 0 aliphatic rings. The third-order valence-corrected chi connectivity index (χ3v) is 2.99. The van der Waals surface area contributed by atoms with Crippen LogP contribution in [0.3, 0.4) is 0 Å². The number of aromatic hydroxyl groups is 1. The number of nitrogens with two attached hydrogens (primary N) is 1. The molecular formula is C8H9I2NO. The SMILES string of the molecule is C[C@@H](N)c1cc(I)cc(I)c1O. The first kappa shape index (κ1) is 10.5. The molecule has 66 valence electrons. The lowest BCUT2D eigenvalue weighted by atomic mass is 10.1. The summed E-state index contributed by atoms with van der Waals surface area (Å²) in [4.78, 5) is 0. The standard InChI is InChI=1S/C8H9I2NO/c1-4(11)6-2-5(9)3-7(10)8(6)12/h2-4,12H,11H2,1H3/t4-/m1/s1. The van der Waals surface area contributed by atoms with E-state index in [1.165, 1.54) is 0 Å². The first-order valence-corrected chi connectivity index (χ1v) is 5.61. The summed E-state index contributed by atoms with van der Waals surface area (Å²) in [7, 11) is 0. The number of phenols is 1. The average molecular weight is 389 g/mol. The molecule has 1 aromatic carbocycles. The van der Waals surface area contributed by atoms with Gasteiger partial charge in [0.15, 0.2) is 0 Å². The lowest BCUT2D eigenvalue weighted by molar-refractivity contribution is 0.459. The Bertz CT molecular complexity index is 299. The minimum absolute atomic E-state index is 0.117.